The van der Waals surface area contributed by atoms with Crippen LogP contribution in [0.1, 0.15) is 15.2 Å². The largest absolute Gasteiger partial charge is 0.479 e. The third-order valence-corrected chi connectivity index (χ3v) is 5.64. The number of hydrogen-bond acceptors (Lipinski definition) is 5. The van der Waals surface area contributed by atoms with Crippen molar-refractivity contribution in [2.45, 2.75) is 5.54 Å². The highest BCUT2D eigenvalue weighted by atomic mass is 32.1. The predicted molar refractivity (Wildman–Crippen MR) is 95.3 cm³/mol. The number of nitrogens with one attached hydrogen (secondary N) is 1. The van der Waals surface area contributed by atoms with E-state index in [0.29, 0.717) is 27.3 Å². The fraction of sp³-hybridized carbons (Fsp3) is 0.0526. The van der Waals surface area contributed by atoms with Gasteiger partial charge in [0.2, 0.25) is 11.3 Å². The number of carboxylic acids is 1. The first kappa shape index (κ1) is 14.2. The lowest BCUT2D eigenvalue weighted by Gasteiger charge is -2.22. The number of aliphatic carboxylic acids is 1. The van der Waals surface area contributed by atoms with Crippen LogP contribution in [0, 0.1) is 0 Å². The lowest BCUT2D eigenvalue weighted by molar-refractivity contribution is -0.140. The summed E-state index contributed by atoms with van der Waals surface area (Å²) >= 11 is 1.25. The summed E-state index contributed by atoms with van der Waals surface area (Å²) in [5.74, 6) is -1.67. The van der Waals surface area contributed by atoms with Crippen LogP contribution in [0.15, 0.2) is 58.3 Å². The Balaban J connectivity index is 1.86. The van der Waals surface area contributed by atoms with E-state index in [0.717, 1.165) is 10.8 Å². The van der Waals surface area contributed by atoms with Gasteiger partial charge in [-0.2, -0.15) is 0 Å². The molecule has 5 rings (SSSR count). The molecule has 0 saturated heterocycles. The molecule has 5 nitrogen and oxygen atoms in total. The molecule has 0 aliphatic carbocycles. The molecule has 0 unspecified atom stereocenters. The molecule has 3 heterocycles. The minimum Gasteiger partial charge on any atom is -0.479 e. The summed E-state index contributed by atoms with van der Waals surface area (Å²) < 4.78 is 5.84. The fourth-order valence-corrected chi connectivity index (χ4v) is 4.37. The van der Waals surface area contributed by atoms with Crippen LogP contribution >= 0.6 is 11.3 Å². The summed E-state index contributed by atoms with van der Waals surface area (Å²) in [5.41, 5.74) is 0.415. The molecule has 0 bridgehead atoms. The number of hydrogen-bond donors (Lipinski definition) is 2. The van der Waals surface area contributed by atoms with Crippen LogP contribution in [0.5, 0.6) is 0 Å². The quantitative estimate of drug-likeness (QED) is 0.529. The SMILES string of the molecule is O=C(O)[C@]1(c2cccs2)Nc2c(ccc3oc4ccccc4c23)C1=O. The molecule has 0 saturated carbocycles. The Bertz CT molecular complexity index is 1180. The zero-order chi connectivity index (χ0) is 17.2. The van der Waals surface area contributed by atoms with Gasteiger partial charge in [0.25, 0.3) is 0 Å². The molecule has 6 heteroatoms. The van der Waals surface area contributed by atoms with Gasteiger partial charge in [-0.1, -0.05) is 24.3 Å². The van der Waals surface area contributed by atoms with E-state index in [1.165, 1.54) is 11.3 Å². The molecule has 2 N–H and O–H groups in total. The van der Waals surface area contributed by atoms with Gasteiger partial charge in [-0.15, -0.1) is 11.3 Å². The number of anilines is 1. The van der Waals surface area contributed by atoms with Crippen LogP contribution in [0.2, 0.25) is 0 Å². The molecule has 122 valence electrons. The van der Waals surface area contributed by atoms with Crippen LogP contribution in [0.4, 0.5) is 5.69 Å². The van der Waals surface area contributed by atoms with Gasteiger partial charge >= 0.3 is 5.97 Å². The molecule has 2 aromatic carbocycles. The molecule has 1 aliphatic heterocycles. The van der Waals surface area contributed by atoms with E-state index < -0.39 is 17.3 Å². The number of benzene rings is 2. The maximum Gasteiger partial charge on any atom is 0.343 e. The van der Waals surface area contributed by atoms with E-state index in [-0.39, 0.29) is 0 Å². The molecule has 0 amide bonds. The van der Waals surface area contributed by atoms with Crippen LogP contribution < -0.4 is 5.32 Å². The van der Waals surface area contributed by atoms with Crippen molar-refractivity contribution < 1.29 is 19.1 Å². The second-order valence-electron chi connectivity index (χ2n) is 5.95. The van der Waals surface area contributed by atoms with E-state index in [2.05, 4.69) is 5.32 Å². The van der Waals surface area contributed by atoms with E-state index in [1.807, 2.05) is 24.3 Å². The van der Waals surface area contributed by atoms with E-state index in [1.54, 1.807) is 29.6 Å². The molecule has 0 spiro atoms. The zero-order valence-electron chi connectivity index (χ0n) is 12.8. The average Bonchev–Trinajstić information content (AvgIpc) is 3.30. The van der Waals surface area contributed by atoms with Crippen molar-refractivity contribution in [2.75, 3.05) is 5.32 Å². The molecular weight excluding hydrogens is 338 g/mol. The standard InChI is InChI=1S/C19H11NO4S/c21-17-11-7-8-13-15(10-4-1-2-5-12(10)24-13)16(11)20-19(17,18(22)23)14-6-3-9-25-14/h1-9,20H,(H,22,23)/t19-/m1/s1. The third kappa shape index (κ3) is 1.66. The van der Waals surface area contributed by atoms with Crippen molar-refractivity contribution in [1.82, 2.24) is 0 Å². The zero-order valence-corrected chi connectivity index (χ0v) is 13.6. The minimum absolute atomic E-state index is 0.370. The number of carboxylic acid groups (broad SMARTS) is 1. The Labute approximate surface area is 145 Å². The summed E-state index contributed by atoms with van der Waals surface area (Å²) in [7, 11) is 0. The number of carbonyl (C=O) groups excluding carboxylic acids is 1. The molecule has 25 heavy (non-hydrogen) atoms. The second kappa shape index (κ2) is 4.70. The van der Waals surface area contributed by atoms with Crippen molar-refractivity contribution in [3.05, 3.63) is 64.4 Å². The summed E-state index contributed by atoms with van der Waals surface area (Å²) in [6, 6.07) is 14.3. The van der Waals surface area contributed by atoms with Gasteiger partial charge in [0.15, 0.2) is 0 Å². The smallest absolute Gasteiger partial charge is 0.343 e. The molecule has 0 fully saturated rings. The normalized spacial score (nSPS) is 19.3. The number of para-hydroxylation sites is 1. The summed E-state index contributed by atoms with van der Waals surface area (Å²) in [4.78, 5) is 25.7. The highest BCUT2D eigenvalue weighted by Gasteiger charge is 2.54. The van der Waals surface area contributed by atoms with Gasteiger partial charge in [-0.25, -0.2) is 4.79 Å². The summed E-state index contributed by atoms with van der Waals surface area (Å²) in [6.45, 7) is 0. The van der Waals surface area contributed by atoms with Crippen LogP contribution in [-0.2, 0) is 10.3 Å². The molecular formula is C19H11NO4S. The van der Waals surface area contributed by atoms with Crippen molar-refractivity contribution in [2.24, 2.45) is 0 Å². The van der Waals surface area contributed by atoms with Crippen LogP contribution in [0.25, 0.3) is 21.9 Å². The predicted octanol–water partition coefficient (Wildman–Crippen LogP) is 4.24. The number of ketones is 1. The van der Waals surface area contributed by atoms with E-state index in [4.69, 9.17) is 4.42 Å². The molecule has 2 aromatic heterocycles. The van der Waals surface area contributed by atoms with Crippen molar-refractivity contribution in [3.63, 3.8) is 0 Å². The Morgan fingerprint density at radius 1 is 1.08 bits per heavy atom. The van der Waals surface area contributed by atoms with Gasteiger partial charge in [0.1, 0.15) is 11.2 Å². The van der Waals surface area contributed by atoms with Gasteiger partial charge in [0, 0.05) is 15.8 Å². The van der Waals surface area contributed by atoms with Gasteiger partial charge in [0.05, 0.1) is 11.1 Å². The number of Topliss-reactive ketones (excluding diaryl/α,β-unsaturated/α-hetero) is 1. The maximum atomic E-state index is 13.1. The van der Waals surface area contributed by atoms with Gasteiger partial charge < -0.3 is 14.8 Å². The Hall–Kier alpha value is -3.12. The summed E-state index contributed by atoms with van der Waals surface area (Å²) in [5, 5.41) is 16.3. The number of thiophene rings is 1. The molecule has 1 aliphatic rings. The first-order valence-electron chi connectivity index (χ1n) is 7.67. The number of carbonyl (C=O) groups is 2. The Morgan fingerprint density at radius 2 is 1.92 bits per heavy atom. The molecule has 1 atom stereocenters. The summed E-state index contributed by atoms with van der Waals surface area (Å²) in [6.07, 6.45) is 0. The fourth-order valence-electron chi connectivity index (χ4n) is 3.50. The lowest BCUT2D eigenvalue weighted by atomic mass is 9.92. The number of furan rings is 1. The van der Waals surface area contributed by atoms with Crippen molar-refractivity contribution >= 4 is 50.7 Å². The van der Waals surface area contributed by atoms with E-state index in [9.17, 15) is 14.7 Å². The number of rotatable bonds is 2. The maximum absolute atomic E-state index is 13.1. The number of fused-ring (bicyclic) bond motifs is 5. The van der Waals surface area contributed by atoms with Crippen molar-refractivity contribution in [1.29, 1.82) is 0 Å². The van der Waals surface area contributed by atoms with E-state index >= 15 is 0 Å². The van der Waals surface area contributed by atoms with Crippen molar-refractivity contribution in [3.8, 4) is 0 Å². The first-order valence-corrected chi connectivity index (χ1v) is 8.55. The minimum atomic E-state index is -1.79. The molecule has 4 aromatic rings. The second-order valence-corrected chi connectivity index (χ2v) is 6.89. The topological polar surface area (TPSA) is 79.5 Å². The third-order valence-electron chi connectivity index (χ3n) is 4.65. The highest BCUT2D eigenvalue weighted by Crippen LogP contribution is 2.46. The Morgan fingerprint density at radius 3 is 2.68 bits per heavy atom. The van der Waals surface area contributed by atoms with Gasteiger partial charge in [-0.05, 0) is 29.6 Å². The molecule has 0 radical (unpaired) electrons. The Kier molecular flexibility index (Phi) is 2.68. The average molecular weight is 349 g/mol. The lowest BCUT2D eigenvalue weighted by Crippen LogP contribution is -2.45. The monoisotopic (exact) mass is 349 g/mol. The first-order chi connectivity index (χ1) is 12.1. The van der Waals surface area contributed by atoms with Gasteiger partial charge in [-0.3, -0.25) is 4.79 Å². The van der Waals surface area contributed by atoms with Crippen LogP contribution in [0.3, 0.4) is 0 Å². The van der Waals surface area contributed by atoms with Crippen LogP contribution in [-0.4, -0.2) is 16.9 Å². The highest BCUT2D eigenvalue weighted by molar-refractivity contribution is 7.10.